The second-order valence-electron chi connectivity index (χ2n) is 4.02. The third-order valence-corrected chi connectivity index (χ3v) is 4.00. The van der Waals surface area contributed by atoms with Gasteiger partial charge in [-0.1, -0.05) is 0 Å². The van der Waals surface area contributed by atoms with Crippen molar-refractivity contribution in [2.24, 2.45) is 5.73 Å². The Balaban J connectivity index is 2.14. The van der Waals surface area contributed by atoms with E-state index in [2.05, 4.69) is 5.38 Å². The monoisotopic (exact) mass is 211 g/mol. The molecular weight excluding hydrogens is 194 g/mol. The fraction of sp³-hybridized carbons (Fsp3) is 0.636. The van der Waals surface area contributed by atoms with Crippen LogP contribution in [0.3, 0.4) is 0 Å². The van der Waals surface area contributed by atoms with Gasteiger partial charge in [-0.15, -0.1) is 11.3 Å². The number of aliphatic hydroxyl groups excluding tert-OH is 1. The van der Waals surface area contributed by atoms with E-state index in [1.807, 2.05) is 11.3 Å². The number of aryl methyl sites for hydroxylation is 1. The lowest BCUT2D eigenvalue weighted by atomic mass is 9.93. The number of rotatable bonds is 3. The Morgan fingerprint density at radius 2 is 2.21 bits per heavy atom. The first kappa shape index (κ1) is 10.1. The summed E-state index contributed by atoms with van der Waals surface area (Å²) in [5, 5.41) is 11.1. The van der Waals surface area contributed by atoms with Crippen LogP contribution in [0.2, 0.25) is 0 Å². The van der Waals surface area contributed by atoms with E-state index in [0.29, 0.717) is 0 Å². The minimum Gasteiger partial charge on any atom is -0.395 e. The van der Waals surface area contributed by atoms with Crippen molar-refractivity contribution < 1.29 is 5.11 Å². The van der Waals surface area contributed by atoms with Crippen LogP contribution in [0.1, 0.15) is 28.8 Å². The molecule has 0 fully saturated rings. The number of aliphatic hydroxyl groups is 1. The first-order valence-corrected chi connectivity index (χ1v) is 6.13. The highest BCUT2D eigenvalue weighted by Gasteiger charge is 2.16. The molecule has 1 aliphatic rings. The van der Waals surface area contributed by atoms with E-state index in [1.165, 1.54) is 36.8 Å². The Kier molecular flexibility index (Phi) is 3.21. The molecule has 2 nitrogen and oxygen atoms in total. The topological polar surface area (TPSA) is 46.2 Å². The van der Waals surface area contributed by atoms with Crippen LogP contribution in [0.15, 0.2) is 5.38 Å². The van der Waals surface area contributed by atoms with Crippen molar-refractivity contribution in [1.82, 2.24) is 0 Å². The molecule has 0 saturated heterocycles. The number of fused-ring (bicyclic) bond motifs is 1. The summed E-state index contributed by atoms with van der Waals surface area (Å²) in [4.78, 5) is 1.55. The van der Waals surface area contributed by atoms with Gasteiger partial charge in [0.2, 0.25) is 0 Å². The van der Waals surface area contributed by atoms with Crippen LogP contribution >= 0.6 is 11.3 Å². The zero-order valence-corrected chi connectivity index (χ0v) is 9.15. The molecule has 0 radical (unpaired) electrons. The molecule has 0 aliphatic heterocycles. The summed E-state index contributed by atoms with van der Waals surface area (Å²) < 4.78 is 0. The van der Waals surface area contributed by atoms with Crippen LogP contribution in [-0.2, 0) is 19.3 Å². The molecule has 78 valence electrons. The molecule has 2 rings (SSSR count). The third-order valence-electron chi connectivity index (χ3n) is 2.86. The standard InChI is InChI=1S/C11H17NOS/c12-9(6-13)5-8-7-14-11-4-2-1-3-10(8)11/h7,9,13H,1-6,12H2. The van der Waals surface area contributed by atoms with Crippen LogP contribution in [-0.4, -0.2) is 17.8 Å². The van der Waals surface area contributed by atoms with Gasteiger partial charge >= 0.3 is 0 Å². The number of thiophene rings is 1. The third kappa shape index (κ3) is 2.00. The Labute approximate surface area is 88.8 Å². The minimum absolute atomic E-state index is 0.0874. The van der Waals surface area contributed by atoms with Gasteiger partial charge in [-0.25, -0.2) is 0 Å². The molecule has 0 aromatic carbocycles. The highest BCUT2D eigenvalue weighted by atomic mass is 32.1. The summed E-state index contributed by atoms with van der Waals surface area (Å²) >= 11 is 1.87. The van der Waals surface area contributed by atoms with Crippen LogP contribution in [0.5, 0.6) is 0 Å². The lowest BCUT2D eigenvalue weighted by molar-refractivity contribution is 0.265. The summed E-state index contributed by atoms with van der Waals surface area (Å²) in [5.41, 5.74) is 8.67. The van der Waals surface area contributed by atoms with Crippen LogP contribution in [0.4, 0.5) is 0 Å². The largest absolute Gasteiger partial charge is 0.395 e. The van der Waals surface area contributed by atoms with Crippen LogP contribution in [0.25, 0.3) is 0 Å². The maximum atomic E-state index is 8.92. The van der Waals surface area contributed by atoms with E-state index in [9.17, 15) is 0 Å². The summed E-state index contributed by atoms with van der Waals surface area (Å²) in [7, 11) is 0. The number of nitrogens with two attached hydrogens (primary N) is 1. The quantitative estimate of drug-likeness (QED) is 0.795. The van der Waals surface area contributed by atoms with Gasteiger partial charge in [0.25, 0.3) is 0 Å². The summed E-state index contributed by atoms with van der Waals surface area (Å²) in [5.74, 6) is 0. The summed E-state index contributed by atoms with van der Waals surface area (Å²) in [6.45, 7) is 0.0879. The molecule has 3 N–H and O–H groups in total. The van der Waals surface area contributed by atoms with Gasteiger partial charge in [-0.2, -0.15) is 0 Å². The van der Waals surface area contributed by atoms with Gasteiger partial charge in [0, 0.05) is 10.9 Å². The molecule has 0 bridgehead atoms. The molecule has 1 atom stereocenters. The molecule has 1 aromatic rings. The molecule has 0 amide bonds. The second-order valence-corrected chi connectivity index (χ2v) is 4.98. The number of hydrogen-bond donors (Lipinski definition) is 2. The SMILES string of the molecule is NC(CO)Cc1csc2c1CCCC2. The molecule has 0 spiro atoms. The van der Waals surface area contributed by atoms with Gasteiger partial charge in [0.1, 0.15) is 0 Å². The van der Waals surface area contributed by atoms with E-state index in [0.717, 1.165) is 6.42 Å². The van der Waals surface area contributed by atoms with Gasteiger partial charge in [-0.3, -0.25) is 0 Å². The highest BCUT2D eigenvalue weighted by Crippen LogP contribution is 2.30. The normalized spacial score (nSPS) is 17.9. The predicted octanol–water partition coefficient (Wildman–Crippen LogP) is 1.49. The van der Waals surface area contributed by atoms with Crippen molar-refractivity contribution in [2.45, 2.75) is 38.1 Å². The first-order valence-electron chi connectivity index (χ1n) is 5.26. The Morgan fingerprint density at radius 3 is 3.00 bits per heavy atom. The second kappa shape index (κ2) is 4.43. The Bertz CT molecular complexity index is 308. The molecule has 14 heavy (non-hydrogen) atoms. The molecule has 1 heterocycles. The average Bonchev–Trinajstić information content (AvgIpc) is 2.62. The smallest absolute Gasteiger partial charge is 0.0585 e. The van der Waals surface area contributed by atoms with Crippen molar-refractivity contribution in [3.8, 4) is 0 Å². The minimum atomic E-state index is -0.0874. The van der Waals surface area contributed by atoms with Gasteiger partial charge in [-0.05, 0) is 48.6 Å². The Hall–Kier alpha value is -0.380. The van der Waals surface area contributed by atoms with E-state index in [-0.39, 0.29) is 12.6 Å². The maximum absolute atomic E-state index is 8.92. The molecule has 1 aromatic heterocycles. The van der Waals surface area contributed by atoms with Crippen molar-refractivity contribution in [1.29, 1.82) is 0 Å². The lowest BCUT2D eigenvalue weighted by Gasteiger charge is -2.14. The molecule has 0 saturated carbocycles. The van der Waals surface area contributed by atoms with Crippen molar-refractivity contribution in [3.63, 3.8) is 0 Å². The molecule has 3 heteroatoms. The lowest BCUT2D eigenvalue weighted by Crippen LogP contribution is -2.27. The molecule has 1 aliphatic carbocycles. The van der Waals surface area contributed by atoms with Gasteiger partial charge in [0.15, 0.2) is 0 Å². The average molecular weight is 211 g/mol. The predicted molar refractivity (Wildman–Crippen MR) is 59.7 cm³/mol. The van der Waals surface area contributed by atoms with Gasteiger partial charge in [0.05, 0.1) is 6.61 Å². The zero-order valence-electron chi connectivity index (χ0n) is 8.33. The van der Waals surface area contributed by atoms with Crippen LogP contribution in [0, 0.1) is 0 Å². The van der Waals surface area contributed by atoms with Gasteiger partial charge < -0.3 is 10.8 Å². The zero-order chi connectivity index (χ0) is 9.97. The maximum Gasteiger partial charge on any atom is 0.0585 e. The molecular formula is C11H17NOS. The number of hydrogen-bond acceptors (Lipinski definition) is 3. The van der Waals surface area contributed by atoms with Crippen molar-refractivity contribution in [3.05, 3.63) is 21.4 Å². The highest BCUT2D eigenvalue weighted by molar-refractivity contribution is 7.10. The van der Waals surface area contributed by atoms with E-state index in [1.54, 1.807) is 4.88 Å². The fourth-order valence-corrected chi connectivity index (χ4v) is 3.24. The van der Waals surface area contributed by atoms with Crippen molar-refractivity contribution >= 4 is 11.3 Å². The fourth-order valence-electron chi connectivity index (χ4n) is 2.08. The van der Waals surface area contributed by atoms with Crippen molar-refractivity contribution in [2.75, 3.05) is 6.61 Å². The van der Waals surface area contributed by atoms with E-state index < -0.39 is 0 Å². The summed E-state index contributed by atoms with van der Waals surface area (Å²) in [6.07, 6.45) is 5.94. The Morgan fingerprint density at radius 1 is 1.43 bits per heavy atom. The molecule has 1 unspecified atom stereocenters. The van der Waals surface area contributed by atoms with E-state index in [4.69, 9.17) is 10.8 Å². The van der Waals surface area contributed by atoms with E-state index >= 15 is 0 Å². The summed E-state index contributed by atoms with van der Waals surface area (Å²) in [6, 6.07) is -0.0874. The van der Waals surface area contributed by atoms with Crippen LogP contribution < -0.4 is 5.73 Å². The first-order chi connectivity index (χ1) is 6.81.